The molecule has 0 aromatic rings. The van der Waals surface area contributed by atoms with Gasteiger partial charge in [0.2, 0.25) is 0 Å². The minimum absolute atomic E-state index is 0.117. The molecule has 0 aliphatic carbocycles. The van der Waals surface area contributed by atoms with Crippen LogP contribution in [0.5, 0.6) is 0 Å². The lowest BCUT2D eigenvalue weighted by Gasteiger charge is -2.30. The molecule has 2 nitrogen and oxygen atoms in total. The third-order valence-electron chi connectivity index (χ3n) is 2.25. The van der Waals surface area contributed by atoms with Crippen molar-refractivity contribution < 1.29 is 4.79 Å². The number of nitrogens with zero attached hydrogens (tertiary/aromatic N) is 1. The standard InChI is InChI=1S/C9H14ClNO/c10-5-3-7-11-6-2-1-4-9(11)8-12/h3,5,8-9H,1-2,4,6-7H2. The van der Waals surface area contributed by atoms with E-state index < -0.39 is 0 Å². The van der Waals surface area contributed by atoms with Gasteiger partial charge in [0.1, 0.15) is 6.29 Å². The Morgan fingerprint density at radius 3 is 3.00 bits per heavy atom. The van der Waals surface area contributed by atoms with Crippen LogP contribution in [0.4, 0.5) is 0 Å². The molecule has 1 aliphatic heterocycles. The van der Waals surface area contributed by atoms with Crippen LogP contribution in [0.3, 0.4) is 0 Å². The summed E-state index contributed by atoms with van der Waals surface area (Å²) in [5, 5.41) is 0. The summed E-state index contributed by atoms with van der Waals surface area (Å²) in [6, 6.07) is 0.117. The zero-order valence-electron chi connectivity index (χ0n) is 7.08. The van der Waals surface area contributed by atoms with Gasteiger partial charge < -0.3 is 4.79 Å². The van der Waals surface area contributed by atoms with Crippen LogP contribution in [-0.2, 0) is 4.79 Å². The highest BCUT2D eigenvalue weighted by Crippen LogP contribution is 2.14. The van der Waals surface area contributed by atoms with E-state index in [-0.39, 0.29) is 6.04 Å². The molecule has 3 heteroatoms. The monoisotopic (exact) mass is 187 g/mol. The van der Waals surface area contributed by atoms with E-state index in [1.54, 1.807) is 0 Å². The molecule has 0 aromatic carbocycles. The zero-order chi connectivity index (χ0) is 8.81. The van der Waals surface area contributed by atoms with E-state index in [0.29, 0.717) is 0 Å². The summed E-state index contributed by atoms with van der Waals surface area (Å²) in [6.45, 7) is 1.82. The fourth-order valence-electron chi connectivity index (χ4n) is 1.57. The van der Waals surface area contributed by atoms with Crippen molar-refractivity contribution in [1.82, 2.24) is 4.90 Å². The molecule has 0 saturated carbocycles. The second-order valence-corrected chi connectivity index (χ2v) is 3.31. The van der Waals surface area contributed by atoms with Gasteiger partial charge in [-0.3, -0.25) is 4.90 Å². The fourth-order valence-corrected chi connectivity index (χ4v) is 1.65. The Hall–Kier alpha value is -0.340. The lowest BCUT2D eigenvalue weighted by atomic mass is 10.0. The van der Waals surface area contributed by atoms with Crippen LogP contribution in [-0.4, -0.2) is 30.3 Å². The number of rotatable bonds is 3. The van der Waals surface area contributed by atoms with Crippen molar-refractivity contribution in [3.63, 3.8) is 0 Å². The van der Waals surface area contributed by atoms with E-state index in [4.69, 9.17) is 11.6 Å². The van der Waals surface area contributed by atoms with Gasteiger partial charge in [-0.25, -0.2) is 0 Å². The van der Waals surface area contributed by atoms with Gasteiger partial charge in [-0.15, -0.1) is 0 Å². The molecule has 1 saturated heterocycles. The summed E-state index contributed by atoms with van der Waals surface area (Å²) in [4.78, 5) is 12.8. The van der Waals surface area contributed by atoms with Crippen molar-refractivity contribution >= 4 is 17.9 Å². The Kier molecular flexibility index (Phi) is 4.33. The predicted octanol–water partition coefficient (Wildman–Crippen LogP) is 1.79. The van der Waals surface area contributed by atoms with Crippen molar-refractivity contribution in [3.05, 3.63) is 11.6 Å². The number of hydrogen-bond donors (Lipinski definition) is 0. The Morgan fingerprint density at radius 1 is 1.50 bits per heavy atom. The second-order valence-electron chi connectivity index (χ2n) is 3.06. The van der Waals surface area contributed by atoms with E-state index in [0.717, 1.165) is 25.8 Å². The van der Waals surface area contributed by atoms with Crippen LogP contribution in [0.2, 0.25) is 0 Å². The lowest BCUT2D eigenvalue weighted by Crippen LogP contribution is -2.40. The topological polar surface area (TPSA) is 20.3 Å². The third kappa shape index (κ3) is 2.61. The Balaban J connectivity index is 2.41. The quantitative estimate of drug-likeness (QED) is 0.628. The summed E-state index contributed by atoms with van der Waals surface area (Å²) >= 11 is 5.42. The molecular formula is C9H14ClNO. The third-order valence-corrected chi connectivity index (χ3v) is 2.43. The maximum absolute atomic E-state index is 10.6. The van der Waals surface area contributed by atoms with Crippen LogP contribution in [0.15, 0.2) is 11.6 Å². The minimum Gasteiger partial charge on any atom is -0.302 e. The fraction of sp³-hybridized carbons (Fsp3) is 0.667. The number of piperidine rings is 1. The van der Waals surface area contributed by atoms with Gasteiger partial charge in [-0.05, 0) is 19.4 Å². The smallest absolute Gasteiger partial charge is 0.137 e. The first kappa shape index (κ1) is 9.75. The Labute approximate surface area is 78.2 Å². The summed E-state index contributed by atoms with van der Waals surface area (Å²) in [6.07, 6.45) is 6.29. The van der Waals surface area contributed by atoms with Crippen LogP contribution in [0, 0.1) is 0 Å². The Bertz CT molecular complexity index is 170. The molecular weight excluding hydrogens is 174 g/mol. The molecule has 0 aromatic heterocycles. The first-order valence-corrected chi connectivity index (χ1v) is 4.76. The van der Waals surface area contributed by atoms with Gasteiger partial charge >= 0.3 is 0 Å². The Morgan fingerprint density at radius 2 is 2.33 bits per heavy atom. The van der Waals surface area contributed by atoms with Crippen molar-refractivity contribution in [2.24, 2.45) is 0 Å². The van der Waals surface area contributed by atoms with Gasteiger partial charge in [0, 0.05) is 12.1 Å². The number of hydrogen-bond acceptors (Lipinski definition) is 2. The van der Waals surface area contributed by atoms with Gasteiger partial charge in [0.25, 0.3) is 0 Å². The van der Waals surface area contributed by atoms with Crippen LogP contribution in [0.1, 0.15) is 19.3 Å². The first-order valence-electron chi connectivity index (χ1n) is 4.33. The molecule has 12 heavy (non-hydrogen) atoms. The number of likely N-dealkylation sites (tertiary alicyclic amines) is 1. The molecule has 1 unspecified atom stereocenters. The summed E-state index contributed by atoms with van der Waals surface area (Å²) in [7, 11) is 0. The van der Waals surface area contributed by atoms with Crippen LogP contribution >= 0.6 is 11.6 Å². The van der Waals surface area contributed by atoms with Crippen molar-refractivity contribution in [2.75, 3.05) is 13.1 Å². The molecule has 0 bridgehead atoms. The van der Waals surface area contributed by atoms with Gasteiger partial charge in [-0.1, -0.05) is 24.1 Å². The van der Waals surface area contributed by atoms with Crippen LogP contribution in [0.25, 0.3) is 0 Å². The molecule has 1 atom stereocenters. The molecule has 1 fully saturated rings. The highest BCUT2D eigenvalue weighted by molar-refractivity contribution is 6.25. The average molecular weight is 188 g/mol. The largest absolute Gasteiger partial charge is 0.302 e. The van der Waals surface area contributed by atoms with Crippen molar-refractivity contribution in [2.45, 2.75) is 25.3 Å². The van der Waals surface area contributed by atoms with Crippen molar-refractivity contribution in [1.29, 1.82) is 0 Å². The zero-order valence-corrected chi connectivity index (χ0v) is 7.83. The van der Waals surface area contributed by atoms with Crippen LogP contribution < -0.4 is 0 Å². The van der Waals surface area contributed by atoms with Crippen molar-refractivity contribution in [3.8, 4) is 0 Å². The maximum Gasteiger partial charge on any atom is 0.137 e. The van der Waals surface area contributed by atoms with Gasteiger partial charge in [0.15, 0.2) is 0 Å². The van der Waals surface area contributed by atoms with E-state index in [9.17, 15) is 4.79 Å². The minimum atomic E-state index is 0.117. The van der Waals surface area contributed by atoms with E-state index >= 15 is 0 Å². The molecule has 1 aliphatic rings. The predicted molar refractivity (Wildman–Crippen MR) is 50.3 cm³/mol. The summed E-state index contributed by atoms with van der Waals surface area (Å²) in [5.74, 6) is 0. The molecule has 0 amide bonds. The molecule has 68 valence electrons. The lowest BCUT2D eigenvalue weighted by molar-refractivity contribution is -0.113. The number of carbonyl (C=O) groups is 1. The number of halogens is 1. The molecule has 1 heterocycles. The molecule has 1 rings (SSSR count). The summed E-state index contributed by atoms with van der Waals surface area (Å²) < 4.78 is 0. The molecule has 0 N–H and O–H groups in total. The SMILES string of the molecule is O=CC1CCCCN1CC=CCl. The maximum atomic E-state index is 10.6. The second kappa shape index (κ2) is 5.33. The molecule has 0 radical (unpaired) electrons. The average Bonchev–Trinajstić information content (AvgIpc) is 2.15. The normalized spacial score (nSPS) is 26.2. The summed E-state index contributed by atoms with van der Waals surface area (Å²) in [5.41, 5.74) is 1.51. The van der Waals surface area contributed by atoms with E-state index in [1.165, 1.54) is 18.4 Å². The first-order chi connectivity index (χ1) is 5.88. The number of carbonyl (C=O) groups excluding carboxylic acids is 1. The van der Waals surface area contributed by atoms with Gasteiger partial charge in [0.05, 0.1) is 6.04 Å². The van der Waals surface area contributed by atoms with Gasteiger partial charge in [-0.2, -0.15) is 0 Å². The van der Waals surface area contributed by atoms with E-state index in [2.05, 4.69) is 4.90 Å². The van der Waals surface area contributed by atoms with E-state index in [1.807, 2.05) is 6.08 Å². The highest BCUT2D eigenvalue weighted by atomic mass is 35.5. The number of aldehydes is 1. The molecule has 0 spiro atoms. The highest BCUT2D eigenvalue weighted by Gasteiger charge is 2.19.